The van der Waals surface area contributed by atoms with Crippen LogP contribution in [0.4, 0.5) is 0 Å². The molecule has 5 aromatic carbocycles. The number of fused-ring (bicyclic) bond motifs is 4. The number of ether oxygens (including phenoxy) is 6. The largest absolute Gasteiger partial charge is 0.493 e. The zero-order valence-corrected chi connectivity index (χ0v) is 27.4. The first-order valence-corrected chi connectivity index (χ1v) is 15.8. The van der Waals surface area contributed by atoms with Gasteiger partial charge >= 0.3 is 11.9 Å². The topological polar surface area (TPSA) is 89.5 Å². The van der Waals surface area contributed by atoms with Crippen molar-refractivity contribution in [3.8, 4) is 34.1 Å². The first kappa shape index (κ1) is 32.9. The van der Waals surface area contributed by atoms with Crippen LogP contribution < -0.4 is 18.9 Å². The van der Waals surface area contributed by atoms with E-state index in [9.17, 15) is 9.59 Å². The number of esters is 2. The van der Waals surface area contributed by atoms with Crippen LogP contribution in [0.1, 0.15) is 22.3 Å². The van der Waals surface area contributed by atoms with E-state index in [1.54, 1.807) is 14.2 Å². The number of benzene rings is 5. The van der Waals surface area contributed by atoms with Crippen molar-refractivity contribution in [3.63, 3.8) is 0 Å². The van der Waals surface area contributed by atoms with Crippen LogP contribution in [0.3, 0.4) is 0 Å². The van der Waals surface area contributed by atoms with Crippen LogP contribution in [-0.4, -0.2) is 52.6 Å². The molecule has 0 spiro atoms. The monoisotopic (exact) mass is 656 g/mol. The van der Waals surface area contributed by atoms with Gasteiger partial charge in [-0.15, -0.1) is 0 Å². The summed E-state index contributed by atoms with van der Waals surface area (Å²) in [5, 5.41) is 2.24. The van der Waals surface area contributed by atoms with Crippen molar-refractivity contribution in [1.29, 1.82) is 0 Å². The minimum absolute atomic E-state index is 0.108. The first-order chi connectivity index (χ1) is 23.9. The Labute approximate surface area is 285 Å². The highest BCUT2D eigenvalue weighted by atomic mass is 16.6. The Bertz CT molecular complexity index is 1940. The fraction of sp³-hybridized carbons (Fsp3) is 0.171. The van der Waals surface area contributed by atoms with Crippen LogP contribution in [0.15, 0.2) is 122 Å². The maximum absolute atomic E-state index is 11.4. The fourth-order valence-electron chi connectivity index (χ4n) is 6.44. The van der Waals surface area contributed by atoms with E-state index in [0.29, 0.717) is 23.0 Å². The average molecular weight is 657 g/mol. The van der Waals surface area contributed by atoms with E-state index in [2.05, 4.69) is 67.8 Å². The van der Waals surface area contributed by atoms with E-state index >= 15 is 0 Å². The number of rotatable bonds is 14. The molecule has 8 nitrogen and oxygen atoms in total. The number of hydrogen-bond donors (Lipinski definition) is 0. The Morgan fingerprint density at radius 1 is 0.592 bits per heavy atom. The molecule has 6 rings (SSSR count). The van der Waals surface area contributed by atoms with Gasteiger partial charge in [0, 0.05) is 12.2 Å². The van der Waals surface area contributed by atoms with Crippen LogP contribution in [0.25, 0.3) is 21.9 Å². The van der Waals surface area contributed by atoms with Gasteiger partial charge < -0.3 is 28.4 Å². The summed E-state index contributed by atoms with van der Waals surface area (Å²) in [4.78, 5) is 22.9. The van der Waals surface area contributed by atoms with Gasteiger partial charge in [-0.25, -0.2) is 9.59 Å². The third-order valence-corrected chi connectivity index (χ3v) is 8.61. The van der Waals surface area contributed by atoms with Gasteiger partial charge in [0.05, 0.1) is 19.6 Å². The van der Waals surface area contributed by atoms with Gasteiger partial charge in [0.25, 0.3) is 0 Å². The number of methoxy groups -OCH3 is 2. The first-order valence-electron chi connectivity index (χ1n) is 15.8. The molecule has 0 saturated carbocycles. The van der Waals surface area contributed by atoms with Crippen molar-refractivity contribution in [2.75, 3.05) is 40.6 Å². The summed E-state index contributed by atoms with van der Waals surface area (Å²) in [6.45, 7) is 7.46. The summed E-state index contributed by atoms with van der Waals surface area (Å²) < 4.78 is 33.6. The molecule has 8 heteroatoms. The lowest BCUT2D eigenvalue weighted by atomic mass is 9.67. The molecule has 0 radical (unpaired) electrons. The second-order valence-corrected chi connectivity index (χ2v) is 11.2. The van der Waals surface area contributed by atoms with Gasteiger partial charge in [-0.05, 0) is 92.7 Å². The summed E-state index contributed by atoms with van der Waals surface area (Å²) in [7, 11) is 3.28. The Morgan fingerprint density at radius 3 is 1.53 bits per heavy atom. The fourth-order valence-corrected chi connectivity index (χ4v) is 6.44. The van der Waals surface area contributed by atoms with Crippen molar-refractivity contribution < 1.29 is 38.0 Å². The normalized spacial score (nSPS) is 12.3. The lowest BCUT2D eigenvalue weighted by molar-refractivity contribution is -0.139. The second-order valence-electron chi connectivity index (χ2n) is 11.2. The quantitative estimate of drug-likeness (QED) is 0.0680. The summed E-state index contributed by atoms with van der Waals surface area (Å²) in [6.07, 6.45) is 2.25. The van der Waals surface area contributed by atoms with Gasteiger partial charge in [-0.2, -0.15) is 0 Å². The smallest absolute Gasteiger partial charge is 0.330 e. The Morgan fingerprint density at radius 2 is 1.04 bits per heavy atom. The maximum Gasteiger partial charge on any atom is 0.330 e. The van der Waals surface area contributed by atoms with Crippen LogP contribution in [0.2, 0.25) is 0 Å². The summed E-state index contributed by atoms with van der Waals surface area (Å²) in [6, 6.07) is 32.9. The third-order valence-electron chi connectivity index (χ3n) is 8.61. The number of carbonyl (C=O) groups is 2. The average Bonchev–Trinajstić information content (AvgIpc) is 3.42. The molecule has 0 saturated heterocycles. The molecule has 0 heterocycles. The minimum atomic E-state index is -0.774. The molecule has 0 bridgehead atoms. The summed E-state index contributed by atoms with van der Waals surface area (Å²) >= 11 is 0. The van der Waals surface area contributed by atoms with Crippen molar-refractivity contribution in [2.45, 2.75) is 5.41 Å². The van der Waals surface area contributed by atoms with E-state index < -0.39 is 17.4 Å². The van der Waals surface area contributed by atoms with E-state index in [4.69, 9.17) is 28.4 Å². The zero-order valence-electron chi connectivity index (χ0n) is 27.4. The molecule has 0 atom stereocenters. The van der Waals surface area contributed by atoms with Crippen LogP contribution in [0, 0.1) is 0 Å². The molecule has 1 aliphatic rings. The van der Waals surface area contributed by atoms with Crippen molar-refractivity contribution >= 4 is 22.7 Å². The molecule has 49 heavy (non-hydrogen) atoms. The molecular formula is C41H36O8. The third kappa shape index (κ3) is 6.33. The van der Waals surface area contributed by atoms with E-state index in [1.807, 2.05) is 42.5 Å². The molecular weight excluding hydrogens is 620 g/mol. The lowest BCUT2D eigenvalue weighted by Crippen LogP contribution is -2.28. The SMILES string of the molecule is C=CC(=O)OCCOc1ccc(C2(c3ccc(OCCOC(=O)C=C)cc3)c3cc(OC)c(OC)cc3-c3cc4ccccc4cc32)cc1. The molecule has 5 aromatic rings. The van der Waals surface area contributed by atoms with E-state index in [0.717, 1.165) is 56.3 Å². The molecule has 0 N–H and O–H groups in total. The molecule has 0 aliphatic heterocycles. The Kier molecular flexibility index (Phi) is 9.67. The van der Waals surface area contributed by atoms with Gasteiger partial charge in [-0.3, -0.25) is 0 Å². The highest BCUT2D eigenvalue weighted by Gasteiger charge is 2.47. The predicted octanol–water partition coefficient (Wildman–Crippen LogP) is 7.44. The highest BCUT2D eigenvalue weighted by Crippen LogP contribution is 2.59. The van der Waals surface area contributed by atoms with Crippen LogP contribution in [-0.2, 0) is 24.5 Å². The number of carbonyl (C=O) groups excluding carboxylic acids is 2. The van der Waals surface area contributed by atoms with Gasteiger partial charge in [0.15, 0.2) is 11.5 Å². The second kappa shape index (κ2) is 14.4. The zero-order chi connectivity index (χ0) is 34.4. The van der Waals surface area contributed by atoms with Gasteiger partial charge in [-0.1, -0.05) is 61.7 Å². The molecule has 0 amide bonds. The molecule has 0 fully saturated rings. The van der Waals surface area contributed by atoms with Crippen molar-refractivity contribution in [1.82, 2.24) is 0 Å². The lowest BCUT2D eigenvalue weighted by Gasteiger charge is -2.34. The standard InChI is InChI=1S/C41H36O8/c1-5-39(42)48-21-19-46-31-15-11-29(12-16-31)41(30-13-17-32(18-14-30)47-20-22-49-40(43)6-2)35-24-28-10-8-7-9-27(28)23-33(35)34-25-37(44-3)38(45-4)26-36(34)41/h5-18,23-26H,1-2,19-22H2,3-4H3. The number of hydrogen-bond acceptors (Lipinski definition) is 8. The van der Waals surface area contributed by atoms with Gasteiger partial charge in [0.2, 0.25) is 0 Å². The molecule has 1 aliphatic carbocycles. The van der Waals surface area contributed by atoms with Crippen LogP contribution >= 0.6 is 0 Å². The molecule has 0 unspecified atom stereocenters. The van der Waals surface area contributed by atoms with Crippen LogP contribution in [0.5, 0.6) is 23.0 Å². The Balaban J connectivity index is 1.49. The van der Waals surface area contributed by atoms with E-state index in [1.165, 1.54) is 0 Å². The highest BCUT2D eigenvalue weighted by molar-refractivity contribution is 5.96. The molecule has 248 valence electrons. The maximum atomic E-state index is 11.4. The van der Waals surface area contributed by atoms with Crippen molar-refractivity contribution in [2.24, 2.45) is 0 Å². The van der Waals surface area contributed by atoms with E-state index in [-0.39, 0.29) is 26.4 Å². The van der Waals surface area contributed by atoms with Gasteiger partial charge in [0.1, 0.15) is 37.9 Å². The summed E-state index contributed by atoms with van der Waals surface area (Å²) in [5.74, 6) is 1.54. The predicted molar refractivity (Wildman–Crippen MR) is 188 cm³/mol. The summed E-state index contributed by atoms with van der Waals surface area (Å²) in [5.41, 5.74) is 5.49. The molecule has 0 aromatic heterocycles. The minimum Gasteiger partial charge on any atom is -0.493 e. The van der Waals surface area contributed by atoms with Crippen molar-refractivity contribution in [3.05, 3.63) is 145 Å². The Hall–Kier alpha value is -6.02.